The van der Waals surface area contributed by atoms with Gasteiger partial charge in [0.1, 0.15) is 11.9 Å². The van der Waals surface area contributed by atoms with Gasteiger partial charge in [0.15, 0.2) is 0 Å². The molecular formula is C13H17N3. The zero-order valence-corrected chi connectivity index (χ0v) is 10.1. The highest BCUT2D eigenvalue weighted by Gasteiger charge is 2.12. The maximum Gasteiger partial charge on any atom is 0.147 e. The Labute approximate surface area is 97.0 Å². The Balaban J connectivity index is 3.15. The van der Waals surface area contributed by atoms with Crippen LogP contribution in [0.1, 0.15) is 25.0 Å². The molecule has 0 N–H and O–H groups in total. The fourth-order valence-corrected chi connectivity index (χ4v) is 1.58. The van der Waals surface area contributed by atoms with Gasteiger partial charge in [-0.05, 0) is 32.4 Å². The van der Waals surface area contributed by atoms with Crippen LogP contribution in [0.4, 0.5) is 5.82 Å². The summed E-state index contributed by atoms with van der Waals surface area (Å²) in [7, 11) is 0. The first-order valence-corrected chi connectivity index (χ1v) is 5.35. The Hall–Kier alpha value is -1.82. The van der Waals surface area contributed by atoms with Crippen molar-refractivity contribution >= 4 is 5.82 Å². The first kappa shape index (κ1) is 12.3. The summed E-state index contributed by atoms with van der Waals surface area (Å²) in [5.41, 5.74) is 2.69. The molecule has 0 spiro atoms. The van der Waals surface area contributed by atoms with E-state index in [4.69, 9.17) is 5.26 Å². The number of rotatable bonds is 4. The van der Waals surface area contributed by atoms with Crippen LogP contribution in [-0.2, 0) is 0 Å². The van der Waals surface area contributed by atoms with Gasteiger partial charge in [0.25, 0.3) is 0 Å². The summed E-state index contributed by atoms with van der Waals surface area (Å²) in [6.07, 6.45) is 1.74. The van der Waals surface area contributed by atoms with Gasteiger partial charge >= 0.3 is 0 Å². The van der Waals surface area contributed by atoms with Crippen molar-refractivity contribution in [2.75, 3.05) is 18.0 Å². The molecule has 0 aliphatic heterocycles. The standard InChI is InChI=1S/C13H17N3/c1-5-16(9-10(2)3)13-12(8-14)11(4)6-7-15-13/h6-7H,2,5,9H2,1,3-4H3. The van der Waals surface area contributed by atoms with Crippen LogP contribution >= 0.6 is 0 Å². The molecule has 1 aromatic rings. The third kappa shape index (κ3) is 2.60. The number of anilines is 1. The lowest BCUT2D eigenvalue weighted by Gasteiger charge is -2.23. The minimum Gasteiger partial charge on any atom is -0.352 e. The summed E-state index contributed by atoms with van der Waals surface area (Å²) in [5.74, 6) is 0.757. The second-order valence-electron chi connectivity index (χ2n) is 3.91. The van der Waals surface area contributed by atoms with E-state index in [-0.39, 0.29) is 0 Å². The van der Waals surface area contributed by atoms with E-state index in [9.17, 15) is 0 Å². The van der Waals surface area contributed by atoms with E-state index in [0.717, 1.165) is 30.0 Å². The minimum atomic E-state index is 0.658. The first-order chi connectivity index (χ1) is 7.60. The van der Waals surface area contributed by atoms with Crippen molar-refractivity contribution in [2.24, 2.45) is 0 Å². The number of pyridine rings is 1. The molecule has 0 amide bonds. The predicted octanol–water partition coefficient (Wildman–Crippen LogP) is 2.66. The molecule has 0 radical (unpaired) electrons. The number of nitrogens with zero attached hydrogens (tertiary/aromatic N) is 3. The number of aromatic nitrogens is 1. The highest BCUT2D eigenvalue weighted by atomic mass is 15.2. The Kier molecular flexibility index (Phi) is 4.07. The van der Waals surface area contributed by atoms with E-state index in [1.165, 1.54) is 0 Å². The molecule has 0 bridgehead atoms. The maximum absolute atomic E-state index is 9.14. The predicted molar refractivity (Wildman–Crippen MR) is 66.4 cm³/mol. The third-order valence-electron chi connectivity index (χ3n) is 2.39. The summed E-state index contributed by atoms with van der Waals surface area (Å²) in [5, 5.41) is 9.14. The van der Waals surface area contributed by atoms with Gasteiger partial charge in [0.05, 0.1) is 5.56 Å². The van der Waals surface area contributed by atoms with Crippen LogP contribution in [0, 0.1) is 18.3 Å². The van der Waals surface area contributed by atoms with Crippen LogP contribution in [0.25, 0.3) is 0 Å². The first-order valence-electron chi connectivity index (χ1n) is 5.35. The van der Waals surface area contributed by atoms with Crippen molar-refractivity contribution in [2.45, 2.75) is 20.8 Å². The molecule has 1 aromatic heterocycles. The second kappa shape index (κ2) is 5.32. The van der Waals surface area contributed by atoms with E-state index < -0.39 is 0 Å². The third-order valence-corrected chi connectivity index (χ3v) is 2.39. The number of hydrogen-bond donors (Lipinski definition) is 0. The number of hydrogen-bond acceptors (Lipinski definition) is 3. The number of nitriles is 1. The molecular weight excluding hydrogens is 198 g/mol. The number of likely N-dealkylation sites (N-methyl/N-ethyl adjacent to an activating group) is 1. The van der Waals surface area contributed by atoms with Gasteiger partial charge in [-0.1, -0.05) is 12.2 Å². The lowest BCUT2D eigenvalue weighted by molar-refractivity contribution is 0.855. The second-order valence-corrected chi connectivity index (χ2v) is 3.91. The average molecular weight is 215 g/mol. The molecule has 3 nitrogen and oxygen atoms in total. The zero-order chi connectivity index (χ0) is 12.1. The summed E-state index contributed by atoms with van der Waals surface area (Å²) in [6.45, 7) is 11.4. The quantitative estimate of drug-likeness (QED) is 0.725. The van der Waals surface area contributed by atoms with Crippen molar-refractivity contribution in [1.29, 1.82) is 5.26 Å². The van der Waals surface area contributed by atoms with Crippen LogP contribution < -0.4 is 4.90 Å². The Morgan fingerprint density at radius 3 is 2.81 bits per heavy atom. The van der Waals surface area contributed by atoms with E-state index in [2.05, 4.69) is 22.5 Å². The van der Waals surface area contributed by atoms with Crippen molar-refractivity contribution in [3.05, 3.63) is 35.5 Å². The molecule has 1 heterocycles. The van der Waals surface area contributed by atoms with Crippen molar-refractivity contribution in [1.82, 2.24) is 4.98 Å². The molecule has 0 aromatic carbocycles. The van der Waals surface area contributed by atoms with E-state index in [0.29, 0.717) is 5.56 Å². The molecule has 3 heteroatoms. The van der Waals surface area contributed by atoms with Gasteiger partial charge in [-0.2, -0.15) is 5.26 Å². The molecule has 0 fully saturated rings. The Morgan fingerprint density at radius 1 is 1.62 bits per heavy atom. The fraction of sp³-hybridized carbons (Fsp3) is 0.385. The molecule has 16 heavy (non-hydrogen) atoms. The van der Waals surface area contributed by atoms with Crippen LogP contribution in [0.2, 0.25) is 0 Å². The highest BCUT2D eigenvalue weighted by Crippen LogP contribution is 2.20. The van der Waals surface area contributed by atoms with Gasteiger partial charge < -0.3 is 4.90 Å². The van der Waals surface area contributed by atoms with Crippen molar-refractivity contribution in [3.63, 3.8) is 0 Å². The van der Waals surface area contributed by atoms with Crippen LogP contribution in [0.3, 0.4) is 0 Å². The van der Waals surface area contributed by atoms with Gasteiger partial charge in [0.2, 0.25) is 0 Å². The highest BCUT2D eigenvalue weighted by molar-refractivity contribution is 5.57. The minimum absolute atomic E-state index is 0.658. The zero-order valence-electron chi connectivity index (χ0n) is 10.1. The van der Waals surface area contributed by atoms with E-state index in [1.54, 1.807) is 6.20 Å². The van der Waals surface area contributed by atoms with Gasteiger partial charge in [0, 0.05) is 19.3 Å². The van der Waals surface area contributed by atoms with E-state index >= 15 is 0 Å². The molecule has 0 atom stereocenters. The largest absolute Gasteiger partial charge is 0.352 e. The normalized spacial score (nSPS) is 9.62. The average Bonchev–Trinajstić information content (AvgIpc) is 2.25. The van der Waals surface area contributed by atoms with Crippen molar-refractivity contribution < 1.29 is 0 Å². The SMILES string of the molecule is C=C(C)CN(CC)c1nccc(C)c1C#N. The molecule has 0 unspecified atom stereocenters. The van der Waals surface area contributed by atoms with Crippen LogP contribution in [0.15, 0.2) is 24.4 Å². The fourth-order valence-electron chi connectivity index (χ4n) is 1.58. The maximum atomic E-state index is 9.14. The monoisotopic (exact) mass is 215 g/mol. The molecule has 0 aliphatic rings. The van der Waals surface area contributed by atoms with E-state index in [1.807, 2.05) is 26.8 Å². The summed E-state index contributed by atoms with van der Waals surface area (Å²) in [4.78, 5) is 6.36. The Bertz CT molecular complexity index is 429. The van der Waals surface area contributed by atoms with Gasteiger partial charge in [-0.15, -0.1) is 0 Å². The lowest BCUT2D eigenvalue weighted by atomic mass is 10.1. The molecule has 0 aliphatic carbocycles. The lowest BCUT2D eigenvalue weighted by Crippen LogP contribution is -2.26. The smallest absolute Gasteiger partial charge is 0.147 e. The van der Waals surface area contributed by atoms with Crippen molar-refractivity contribution in [3.8, 4) is 6.07 Å². The molecule has 0 saturated heterocycles. The summed E-state index contributed by atoms with van der Waals surface area (Å²) in [6, 6.07) is 4.08. The summed E-state index contributed by atoms with van der Waals surface area (Å²) >= 11 is 0. The molecule has 1 rings (SSSR count). The Morgan fingerprint density at radius 2 is 2.31 bits per heavy atom. The van der Waals surface area contributed by atoms with Gasteiger partial charge in [-0.3, -0.25) is 0 Å². The van der Waals surface area contributed by atoms with Crippen LogP contribution in [0.5, 0.6) is 0 Å². The molecule has 0 saturated carbocycles. The van der Waals surface area contributed by atoms with Crippen LogP contribution in [-0.4, -0.2) is 18.1 Å². The van der Waals surface area contributed by atoms with Gasteiger partial charge in [-0.25, -0.2) is 4.98 Å². The summed E-state index contributed by atoms with van der Waals surface area (Å²) < 4.78 is 0. The number of aryl methyl sites for hydroxylation is 1. The molecule has 84 valence electrons. The topological polar surface area (TPSA) is 39.9 Å².